The summed E-state index contributed by atoms with van der Waals surface area (Å²) in [6.45, 7) is 32.8. The van der Waals surface area contributed by atoms with Gasteiger partial charge in [-0.15, -0.1) is 0 Å². The molecule has 0 saturated carbocycles. The number of carbonyl (C=O) groups is 4. The summed E-state index contributed by atoms with van der Waals surface area (Å²) in [7, 11) is 0. The molecular weight excluding hydrogens is 682 g/mol. The summed E-state index contributed by atoms with van der Waals surface area (Å²) in [6.07, 6.45) is 2.29. The zero-order valence-corrected chi connectivity index (χ0v) is 36.6. The van der Waals surface area contributed by atoms with Crippen LogP contribution in [0, 0.1) is 11.3 Å². The first-order valence-electron chi connectivity index (χ1n) is 19.3. The van der Waals surface area contributed by atoms with E-state index >= 15 is 0 Å². The van der Waals surface area contributed by atoms with Crippen LogP contribution in [0.5, 0.6) is 0 Å². The Morgan fingerprint density at radius 3 is 1.67 bits per heavy atom. The topological polar surface area (TPSA) is 126 Å². The number of hydrogen-bond acceptors (Lipinski definition) is 8. The summed E-state index contributed by atoms with van der Waals surface area (Å²) in [5, 5.41) is 2.86. The number of aromatic nitrogens is 2. The zero-order chi connectivity index (χ0) is 42.5. The van der Waals surface area contributed by atoms with Crippen molar-refractivity contribution >= 4 is 29.4 Å². The van der Waals surface area contributed by atoms with Crippen molar-refractivity contribution < 1.29 is 33.4 Å². The molecular formula is C44H73N3O7. The number of imidazole rings is 1. The van der Waals surface area contributed by atoms with Gasteiger partial charge in [0.25, 0.3) is 0 Å². The number of anilines is 1. The van der Waals surface area contributed by atoms with Gasteiger partial charge in [-0.05, 0) is 45.7 Å². The quantitative estimate of drug-likeness (QED) is 0.192. The number of nitrogens with zero attached hydrogens (tertiary/aromatic N) is 2. The van der Waals surface area contributed by atoms with Crippen LogP contribution in [-0.2, 0) is 46.4 Å². The fraction of sp³-hybridized carbons (Fsp3) is 0.568. The maximum Gasteiger partial charge on any atom is 0.333 e. The molecule has 0 saturated heterocycles. The maximum absolute atomic E-state index is 12.8. The van der Waals surface area contributed by atoms with E-state index in [2.05, 4.69) is 10.3 Å². The smallest absolute Gasteiger partial charge is 0.333 e. The number of ketones is 1. The fourth-order valence-corrected chi connectivity index (χ4v) is 3.93. The highest BCUT2D eigenvalue weighted by Gasteiger charge is 2.27. The Bertz CT molecular complexity index is 1420. The van der Waals surface area contributed by atoms with Crippen LogP contribution in [0.3, 0.4) is 0 Å². The second-order valence-corrected chi connectivity index (χ2v) is 13.3. The van der Waals surface area contributed by atoms with Gasteiger partial charge >= 0.3 is 11.9 Å². The van der Waals surface area contributed by atoms with E-state index in [-0.39, 0.29) is 53.8 Å². The number of nitrogens with one attached hydrogen (secondary N) is 1. The second-order valence-electron chi connectivity index (χ2n) is 13.3. The predicted molar refractivity (Wildman–Crippen MR) is 222 cm³/mol. The van der Waals surface area contributed by atoms with Gasteiger partial charge in [-0.1, -0.05) is 137 Å². The van der Waals surface area contributed by atoms with Gasteiger partial charge < -0.3 is 24.1 Å². The Morgan fingerprint density at radius 2 is 1.28 bits per heavy atom. The molecule has 3 aromatic rings. The molecule has 0 spiro atoms. The van der Waals surface area contributed by atoms with Crippen LogP contribution < -0.4 is 5.32 Å². The summed E-state index contributed by atoms with van der Waals surface area (Å²) in [4.78, 5) is 50.8. The van der Waals surface area contributed by atoms with E-state index in [0.717, 1.165) is 11.1 Å². The van der Waals surface area contributed by atoms with Crippen LogP contribution in [0.1, 0.15) is 141 Å². The number of Topliss-reactive ketones (excluding diaryl/α,β-unsaturated/α-hetero) is 1. The number of hydrogen-bond donors (Lipinski definition) is 1. The Kier molecular flexibility index (Phi) is 30.1. The van der Waals surface area contributed by atoms with Crippen molar-refractivity contribution in [2.45, 2.75) is 142 Å². The van der Waals surface area contributed by atoms with Crippen molar-refractivity contribution in [2.24, 2.45) is 11.3 Å². The Balaban J connectivity index is -0.00000102. The first-order chi connectivity index (χ1) is 25.4. The lowest BCUT2D eigenvalue weighted by Gasteiger charge is -2.19. The molecule has 2 aromatic carbocycles. The van der Waals surface area contributed by atoms with Crippen molar-refractivity contribution in [3.05, 3.63) is 83.8 Å². The van der Waals surface area contributed by atoms with Crippen molar-refractivity contribution in [1.82, 2.24) is 9.55 Å². The number of ether oxygens (including phenoxy) is 3. The van der Waals surface area contributed by atoms with Crippen LogP contribution in [0.4, 0.5) is 5.82 Å². The molecule has 54 heavy (non-hydrogen) atoms. The lowest BCUT2D eigenvalue weighted by Crippen LogP contribution is -2.25. The molecule has 1 N–H and O–H groups in total. The van der Waals surface area contributed by atoms with E-state index in [0.29, 0.717) is 24.7 Å². The molecule has 1 amide bonds. The summed E-state index contributed by atoms with van der Waals surface area (Å²) in [6, 6.07) is 18.6. The number of aryl methyl sites for hydroxylation is 1. The fourth-order valence-electron chi connectivity index (χ4n) is 3.93. The monoisotopic (exact) mass is 756 g/mol. The molecule has 0 aliphatic carbocycles. The molecule has 2 atom stereocenters. The van der Waals surface area contributed by atoms with E-state index in [1.54, 1.807) is 24.6 Å². The lowest BCUT2D eigenvalue weighted by atomic mass is 9.92. The highest BCUT2D eigenvalue weighted by Crippen LogP contribution is 2.25. The van der Waals surface area contributed by atoms with Gasteiger partial charge in [0.1, 0.15) is 17.2 Å². The van der Waals surface area contributed by atoms with Gasteiger partial charge in [0.2, 0.25) is 5.91 Å². The third-order valence-corrected chi connectivity index (χ3v) is 6.71. The van der Waals surface area contributed by atoms with Crippen LogP contribution in [-0.4, -0.2) is 52.0 Å². The van der Waals surface area contributed by atoms with E-state index in [4.69, 9.17) is 14.2 Å². The van der Waals surface area contributed by atoms with Gasteiger partial charge in [0.15, 0.2) is 11.9 Å². The molecule has 10 heteroatoms. The highest BCUT2D eigenvalue weighted by molar-refractivity contribution is 5.91. The van der Waals surface area contributed by atoms with Crippen molar-refractivity contribution in [3.8, 4) is 0 Å². The highest BCUT2D eigenvalue weighted by atomic mass is 16.6. The first-order valence-corrected chi connectivity index (χ1v) is 19.3. The van der Waals surface area contributed by atoms with Crippen LogP contribution in [0.15, 0.2) is 66.9 Å². The summed E-state index contributed by atoms with van der Waals surface area (Å²) in [5.41, 5.74) is 1.39. The normalized spacial score (nSPS) is 11.2. The van der Waals surface area contributed by atoms with E-state index in [1.165, 1.54) is 6.92 Å². The van der Waals surface area contributed by atoms with Gasteiger partial charge in [0.05, 0.1) is 25.7 Å². The van der Waals surface area contributed by atoms with Crippen LogP contribution >= 0.6 is 0 Å². The van der Waals surface area contributed by atoms with Crippen molar-refractivity contribution in [3.63, 3.8) is 0 Å². The van der Waals surface area contributed by atoms with Crippen molar-refractivity contribution in [2.75, 3.05) is 18.5 Å². The summed E-state index contributed by atoms with van der Waals surface area (Å²) in [5.74, 6) is 0.181. The average Bonchev–Trinajstić information content (AvgIpc) is 3.52. The molecule has 0 aliphatic heterocycles. The minimum Gasteiger partial charge on any atom is -0.464 e. The minimum absolute atomic E-state index is 0.139. The Morgan fingerprint density at radius 1 is 0.796 bits per heavy atom. The number of esters is 2. The molecule has 1 aromatic heterocycles. The van der Waals surface area contributed by atoms with Gasteiger partial charge in [-0.3, -0.25) is 14.4 Å². The average molecular weight is 756 g/mol. The van der Waals surface area contributed by atoms with Gasteiger partial charge in [-0.2, -0.15) is 0 Å². The molecule has 0 radical (unpaired) electrons. The minimum atomic E-state index is -0.675. The largest absolute Gasteiger partial charge is 0.464 e. The Hall–Kier alpha value is -4.31. The number of benzene rings is 2. The van der Waals surface area contributed by atoms with Crippen molar-refractivity contribution in [1.29, 1.82) is 0 Å². The summed E-state index contributed by atoms with van der Waals surface area (Å²) < 4.78 is 17.6. The van der Waals surface area contributed by atoms with Crippen LogP contribution in [0.2, 0.25) is 0 Å². The van der Waals surface area contributed by atoms with E-state index in [1.807, 2.05) is 158 Å². The lowest BCUT2D eigenvalue weighted by molar-refractivity contribution is -0.152. The molecule has 0 fully saturated rings. The first kappa shape index (κ1) is 54.0. The van der Waals surface area contributed by atoms with Gasteiger partial charge in [0, 0.05) is 25.0 Å². The maximum atomic E-state index is 12.8. The number of carbonyl (C=O) groups excluding carboxylic acids is 4. The number of rotatable bonds is 11. The zero-order valence-electron chi connectivity index (χ0n) is 36.6. The molecule has 3 rings (SSSR count). The Labute approximate surface area is 327 Å². The van der Waals surface area contributed by atoms with Gasteiger partial charge in [-0.25, -0.2) is 9.78 Å². The standard InChI is InChI=1S/C26H31N3O4.C6H12O2.C6H12O.3C2H6/c1-4-23-27-22(28-25(30)19(3)17-32-18-20-12-8-6-9-13-20)16-29(23)24(26(31)33-5-2)21-14-10-7-11-15-21;1-5(7)8-6(2,3)4;1-5(7)6(2,3)4;3*1-2/h6-16,19,24H,4-5,17-18H2,1-3H3,(H,28,30);1-4H3;1-4H3;3*1-2H3. The van der Waals surface area contributed by atoms with Crippen LogP contribution in [0.25, 0.3) is 0 Å². The predicted octanol–water partition coefficient (Wildman–Crippen LogP) is 10.4. The molecule has 0 bridgehead atoms. The van der Waals surface area contributed by atoms with E-state index in [9.17, 15) is 19.2 Å². The number of amides is 1. The third-order valence-electron chi connectivity index (χ3n) is 6.71. The molecule has 306 valence electrons. The second kappa shape index (κ2) is 30.1. The molecule has 1 heterocycles. The molecule has 2 unspecified atom stereocenters. The summed E-state index contributed by atoms with van der Waals surface area (Å²) >= 11 is 0. The SMILES string of the molecule is CC.CC.CC.CC(=O)C(C)(C)C.CC(=O)OC(C)(C)C.CCOC(=O)C(c1ccccc1)n1cc(NC(=O)C(C)COCc2ccccc2)nc1CC. The van der Waals surface area contributed by atoms with E-state index < -0.39 is 6.04 Å². The third kappa shape index (κ3) is 24.1. The molecule has 0 aliphatic rings. The molecule has 10 nitrogen and oxygen atoms in total.